The molecule has 1 atom stereocenters. The molecule has 0 aliphatic rings. The van der Waals surface area contributed by atoms with Crippen molar-refractivity contribution in [3.63, 3.8) is 0 Å². The number of hydrogen-bond acceptors (Lipinski definition) is 6. The first-order valence-corrected chi connectivity index (χ1v) is 10.4. The number of aryl methyl sites for hydroxylation is 3. The van der Waals surface area contributed by atoms with Crippen molar-refractivity contribution in [2.24, 2.45) is 0 Å². The monoisotopic (exact) mass is 443 g/mol. The second-order valence-corrected chi connectivity index (χ2v) is 8.45. The zero-order valence-corrected chi connectivity index (χ0v) is 19.1. The van der Waals surface area contributed by atoms with E-state index < -0.39 is 6.61 Å². The third kappa shape index (κ3) is 3.98. The number of fused-ring (bicyclic) bond motifs is 3. The number of rotatable bonds is 7. The smallest absolute Gasteiger partial charge is 0.345 e. The van der Waals surface area contributed by atoms with Crippen LogP contribution in [-0.2, 0) is 11.3 Å². The molecule has 0 bridgehead atoms. The average molecular weight is 443 g/mol. The molecule has 0 radical (unpaired) electrons. The van der Waals surface area contributed by atoms with E-state index >= 15 is 0 Å². The van der Waals surface area contributed by atoms with Gasteiger partial charge in [-0.15, -0.1) is 0 Å². The third-order valence-corrected chi connectivity index (χ3v) is 5.60. The quantitative estimate of drug-likeness (QED) is 0.399. The Bertz CT molecular complexity index is 1260. The molecule has 0 N–H and O–H groups in total. The molecule has 4 aromatic rings. The van der Waals surface area contributed by atoms with E-state index in [1.807, 2.05) is 57.3 Å². The van der Waals surface area contributed by atoms with Crippen LogP contribution in [0.25, 0.3) is 33.1 Å². The summed E-state index contributed by atoms with van der Waals surface area (Å²) < 4.78 is 37.5. The van der Waals surface area contributed by atoms with Crippen molar-refractivity contribution in [2.45, 2.75) is 46.9 Å². The predicted molar refractivity (Wildman–Crippen MR) is 119 cm³/mol. The van der Waals surface area contributed by atoms with E-state index in [-0.39, 0.29) is 12.6 Å². The molecule has 4 rings (SSSR count). The number of alkyl halides is 2. The molecular weight excluding hydrogens is 416 g/mol. The van der Waals surface area contributed by atoms with Crippen LogP contribution in [0.15, 0.2) is 22.9 Å². The molecule has 9 heteroatoms. The number of ether oxygens (including phenoxy) is 1. The second-order valence-electron chi connectivity index (χ2n) is 8.45. The highest BCUT2D eigenvalue weighted by Crippen LogP contribution is 2.35. The molecule has 0 amide bonds. The van der Waals surface area contributed by atoms with Gasteiger partial charge in [-0.05, 0) is 65.0 Å². The van der Waals surface area contributed by atoms with E-state index in [9.17, 15) is 8.78 Å². The highest BCUT2D eigenvalue weighted by Gasteiger charge is 2.22. The minimum Gasteiger partial charge on any atom is -0.361 e. The van der Waals surface area contributed by atoms with Crippen LogP contribution in [0.4, 0.5) is 8.78 Å². The largest absolute Gasteiger partial charge is 0.361 e. The number of halogens is 2. The molecular formula is C23H27F2N5O2. The molecule has 0 aliphatic carbocycles. The molecule has 0 saturated carbocycles. The summed E-state index contributed by atoms with van der Waals surface area (Å²) in [4.78, 5) is 11.4. The van der Waals surface area contributed by atoms with Gasteiger partial charge in [0.25, 0.3) is 0 Å². The van der Waals surface area contributed by atoms with Crippen LogP contribution in [0.2, 0.25) is 0 Å². The molecule has 0 unspecified atom stereocenters. The van der Waals surface area contributed by atoms with E-state index in [0.29, 0.717) is 6.54 Å². The van der Waals surface area contributed by atoms with Crippen LogP contribution in [-0.4, -0.2) is 51.9 Å². The van der Waals surface area contributed by atoms with Gasteiger partial charge in [0.2, 0.25) is 0 Å². The normalized spacial score (nSPS) is 13.2. The lowest BCUT2D eigenvalue weighted by atomic mass is 9.96. The standard InChI is InChI=1S/C23H27F2N5O2/c1-12-7-17-18(8-16(12)21-14(3)28-32-15(21)4)26-9-19-22(17)30(13(2)11-31-23(24)25)20(27-19)10-29(5)6/h7-9,13,23H,10-11H2,1-6H3/t13-/m0/s1. The lowest BCUT2D eigenvalue weighted by molar-refractivity contribution is -0.135. The number of benzene rings is 1. The Hall–Kier alpha value is -2.91. The van der Waals surface area contributed by atoms with Crippen molar-refractivity contribution in [2.75, 3.05) is 20.7 Å². The highest BCUT2D eigenvalue weighted by molar-refractivity contribution is 6.04. The topological polar surface area (TPSA) is 69.2 Å². The number of pyridine rings is 1. The van der Waals surface area contributed by atoms with Gasteiger partial charge in [-0.3, -0.25) is 4.98 Å². The first kappa shape index (κ1) is 22.3. The first-order valence-electron chi connectivity index (χ1n) is 10.4. The second kappa shape index (κ2) is 8.55. The number of imidazole rings is 1. The Labute approximate surface area is 185 Å². The van der Waals surface area contributed by atoms with E-state index in [4.69, 9.17) is 9.51 Å². The highest BCUT2D eigenvalue weighted by atomic mass is 19.3. The average Bonchev–Trinajstić information content (AvgIpc) is 3.24. The number of aromatic nitrogens is 4. The third-order valence-electron chi connectivity index (χ3n) is 5.60. The lowest BCUT2D eigenvalue weighted by Gasteiger charge is -2.20. The van der Waals surface area contributed by atoms with Crippen molar-refractivity contribution in [1.29, 1.82) is 0 Å². The van der Waals surface area contributed by atoms with Crippen molar-refractivity contribution >= 4 is 21.9 Å². The van der Waals surface area contributed by atoms with Crippen LogP contribution in [0, 0.1) is 20.8 Å². The minimum absolute atomic E-state index is 0.122. The Morgan fingerprint density at radius 3 is 2.53 bits per heavy atom. The summed E-state index contributed by atoms with van der Waals surface area (Å²) in [6, 6.07) is 3.77. The van der Waals surface area contributed by atoms with Gasteiger partial charge in [0.05, 0.1) is 42.1 Å². The van der Waals surface area contributed by atoms with Crippen LogP contribution in [0.5, 0.6) is 0 Å². The summed E-state index contributed by atoms with van der Waals surface area (Å²) in [6.07, 6.45) is 1.74. The van der Waals surface area contributed by atoms with E-state index in [0.717, 1.165) is 55.9 Å². The maximum Gasteiger partial charge on any atom is 0.345 e. The summed E-state index contributed by atoms with van der Waals surface area (Å²) in [5.74, 6) is 1.53. The van der Waals surface area contributed by atoms with Crippen molar-refractivity contribution in [3.8, 4) is 11.1 Å². The molecule has 32 heavy (non-hydrogen) atoms. The Balaban J connectivity index is 1.95. The van der Waals surface area contributed by atoms with Gasteiger partial charge in [0, 0.05) is 10.9 Å². The molecule has 170 valence electrons. The summed E-state index contributed by atoms with van der Waals surface area (Å²) in [5, 5.41) is 4.99. The van der Waals surface area contributed by atoms with E-state index in [2.05, 4.69) is 20.9 Å². The van der Waals surface area contributed by atoms with Crippen LogP contribution in [0.3, 0.4) is 0 Å². The van der Waals surface area contributed by atoms with E-state index in [1.54, 1.807) is 6.20 Å². The van der Waals surface area contributed by atoms with Gasteiger partial charge in [-0.1, -0.05) is 5.16 Å². The predicted octanol–water partition coefficient (Wildman–Crippen LogP) is 5.03. The SMILES string of the molecule is Cc1cc2c(cc1-c1c(C)noc1C)ncc1nc(CN(C)C)n([C@@H](C)COC(F)F)c12. The van der Waals surface area contributed by atoms with Gasteiger partial charge < -0.3 is 18.7 Å². The van der Waals surface area contributed by atoms with Crippen molar-refractivity contribution < 1.29 is 18.0 Å². The Morgan fingerprint density at radius 2 is 1.91 bits per heavy atom. The molecule has 3 aromatic heterocycles. The molecule has 1 aromatic carbocycles. The molecule has 0 aliphatic heterocycles. The van der Waals surface area contributed by atoms with Gasteiger partial charge in [-0.25, -0.2) is 4.98 Å². The van der Waals surface area contributed by atoms with Crippen LogP contribution in [0.1, 0.15) is 35.8 Å². The fourth-order valence-corrected chi connectivity index (χ4v) is 4.27. The van der Waals surface area contributed by atoms with Gasteiger partial charge in [0.15, 0.2) is 0 Å². The fraction of sp³-hybridized carbons (Fsp3) is 0.435. The Morgan fingerprint density at radius 1 is 1.16 bits per heavy atom. The summed E-state index contributed by atoms with van der Waals surface area (Å²) in [5.41, 5.74) is 6.22. The fourth-order valence-electron chi connectivity index (χ4n) is 4.27. The molecule has 0 saturated heterocycles. The summed E-state index contributed by atoms with van der Waals surface area (Å²) in [6.45, 7) is 5.32. The molecule has 3 heterocycles. The maximum absolute atomic E-state index is 12.7. The summed E-state index contributed by atoms with van der Waals surface area (Å²) >= 11 is 0. The molecule has 7 nitrogen and oxygen atoms in total. The van der Waals surface area contributed by atoms with E-state index in [1.165, 1.54) is 0 Å². The van der Waals surface area contributed by atoms with Crippen LogP contribution < -0.4 is 0 Å². The van der Waals surface area contributed by atoms with Crippen LogP contribution >= 0.6 is 0 Å². The first-order chi connectivity index (χ1) is 15.2. The van der Waals surface area contributed by atoms with Gasteiger partial charge in [-0.2, -0.15) is 8.78 Å². The number of nitrogens with zero attached hydrogens (tertiary/aromatic N) is 5. The molecule has 0 fully saturated rings. The van der Waals surface area contributed by atoms with Gasteiger partial charge >= 0.3 is 6.61 Å². The van der Waals surface area contributed by atoms with Gasteiger partial charge in [0.1, 0.15) is 17.1 Å². The Kier molecular flexibility index (Phi) is 5.96. The lowest BCUT2D eigenvalue weighted by Crippen LogP contribution is -2.20. The molecule has 0 spiro atoms. The zero-order chi connectivity index (χ0) is 23.2. The van der Waals surface area contributed by atoms with Crippen molar-refractivity contribution in [3.05, 3.63) is 41.2 Å². The number of hydrogen-bond donors (Lipinski definition) is 0. The zero-order valence-electron chi connectivity index (χ0n) is 19.1. The summed E-state index contributed by atoms with van der Waals surface area (Å²) in [7, 11) is 3.89. The van der Waals surface area contributed by atoms with Crippen molar-refractivity contribution in [1.82, 2.24) is 24.6 Å². The minimum atomic E-state index is -2.82. The maximum atomic E-state index is 12.7.